The van der Waals surface area contributed by atoms with Crippen molar-refractivity contribution >= 4 is 5.91 Å². The largest absolute Gasteiger partial charge is 0.522 e. The van der Waals surface area contributed by atoms with Crippen molar-refractivity contribution in [2.24, 2.45) is 0 Å². The van der Waals surface area contributed by atoms with Crippen molar-refractivity contribution in [2.75, 3.05) is 6.61 Å². The molecule has 2 aromatic rings. The van der Waals surface area contributed by atoms with Crippen molar-refractivity contribution in [3.8, 4) is 11.6 Å². The van der Waals surface area contributed by atoms with Crippen LogP contribution in [-0.4, -0.2) is 62.8 Å². The van der Waals surface area contributed by atoms with Crippen molar-refractivity contribution in [1.29, 1.82) is 0 Å². The molecule has 2 aromatic heterocycles. The lowest BCUT2D eigenvalue weighted by Crippen LogP contribution is -2.77. The van der Waals surface area contributed by atoms with Crippen LogP contribution in [-0.2, 0) is 26.2 Å². The van der Waals surface area contributed by atoms with Gasteiger partial charge in [-0.1, -0.05) is 0 Å². The molecule has 0 unspecified atom stereocenters. The van der Waals surface area contributed by atoms with Crippen LogP contribution < -0.4 is 5.32 Å². The number of amides is 1. The maximum atomic E-state index is 12.5. The van der Waals surface area contributed by atoms with Gasteiger partial charge in [0.15, 0.2) is 0 Å². The molecule has 34 heavy (non-hydrogen) atoms. The topological polar surface area (TPSA) is 104 Å². The number of nitrogens with zero attached hydrogens (tertiary/aromatic N) is 4. The number of aromatic nitrogens is 4. The minimum Gasteiger partial charge on any atom is -0.419 e. The molecule has 0 spiro atoms. The molecule has 4 aliphatic rings. The molecule has 2 bridgehead atoms. The highest BCUT2D eigenvalue weighted by Gasteiger charge is 2.71. The summed E-state index contributed by atoms with van der Waals surface area (Å²) in [6.07, 6.45) is -7.47. The van der Waals surface area contributed by atoms with Crippen LogP contribution >= 0.6 is 0 Å². The first-order chi connectivity index (χ1) is 15.8. The zero-order chi connectivity index (χ0) is 24.4. The lowest BCUT2D eigenvalue weighted by atomic mass is 9.39. The van der Waals surface area contributed by atoms with Gasteiger partial charge in [-0.05, 0) is 25.3 Å². The number of carbonyl (C=O) groups is 1. The van der Waals surface area contributed by atoms with Crippen LogP contribution in [0.3, 0.4) is 0 Å². The molecule has 1 amide bonds. The number of rotatable bonds is 8. The van der Waals surface area contributed by atoms with E-state index in [9.17, 15) is 31.1 Å². The Hall–Kier alpha value is -2.68. The van der Waals surface area contributed by atoms with Crippen LogP contribution in [0.25, 0.3) is 11.6 Å². The van der Waals surface area contributed by atoms with E-state index >= 15 is 0 Å². The third-order valence-electron chi connectivity index (χ3n) is 6.32. The number of nitrogens with one attached hydrogen (secondary N) is 1. The standard InChI is InChI=1S/C19H19F6N5O4/c20-18(21,22)9-30-2-1-12(29-30)14-27-28-15(33-14)16-6-17(7-16,8-16)26-13(31)5-32-10-3-11(4-10)34-19(23,24)25/h1-2,10-11H,3-9H2,(H,26,31)/t10-,11+,16?,17?. The van der Waals surface area contributed by atoms with E-state index in [1.165, 1.54) is 12.3 Å². The molecule has 2 heterocycles. The van der Waals surface area contributed by atoms with E-state index in [-0.39, 0.29) is 36.9 Å². The summed E-state index contributed by atoms with van der Waals surface area (Å²) in [4.78, 5) is 12.2. The maximum Gasteiger partial charge on any atom is 0.522 e. The van der Waals surface area contributed by atoms with E-state index in [1.54, 1.807) is 0 Å². The lowest BCUT2D eigenvalue weighted by Gasteiger charge is -2.68. The average Bonchev–Trinajstić information content (AvgIpc) is 3.25. The van der Waals surface area contributed by atoms with Gasteiger partial charge in [0.2, 0.25) is 11.8 Å². The Bertz CT molecular complexity index is 1050. The zero-order valence-corrected chi connectivity index (χ0v) is 17.4. The molecule has 0 aliphatic heterocycles. The molecule has 4 aliphatic carbocycles. The summed E-state index contributed by atoms with van der Waals surface area (Å²) in [6.45, 7) is -1.49. The molecule has 9 nitrogen and oxygen atoms in total. The van der Waals surface area contributed by atoms with Crippen molar-refractivity contribution < 1.29 is 45.0 Å². The predicted octanol–water partition coefficient (Wildman–Crippen LogP) is 2.87. The fourth-order valence-electron chi connectivity index (χ4n) is 4.90. The van der Waals surface area contributed by atoms with Gasteiger partial charge in [0.1, 0.15) is 18.8 Å². The molecule has 1 N–H and O–H groups in total. The van der Waals surface area contributed by atoms with Crippen LogP contribution in [0, 0.1) is 0 Å². The number of halogens is 6. The molecule has 0 radical (unpaired) electrons. The quantitative estimate of drug-likeness (QED) is 0.562. The lowest BCUT2D eigenvalue weighted by molar-refractivity contribution is -0.357. The first-order valence-electron chi connectivity index (χ1n) is 10.4. The van der Waals surface area contributed by atoms with Gasteiger partial charge in [0.25, 0.3) is 5.89 Å². The first-order valence-corrected chi connectivity index (χ1v) is 10.4. The Kier molecular flexibility index (Phi) is 5.20. The maximum absolute atomic E-state index is 12.5. The highest BCUT2D eigenvalue weighted by Crippen LogP contribution is 2.67. The third-order valence-corrected chi connectivity index (χ3v) is 6.32. The number of alkyl halides is 6. The summed E-state index contributed by atoms with van der Waals surface area (Å²) >= 11 is 0. The molecule has 15 heteroatoms. The molecule has 186 valence electrons. The van der Waals surface area contributed by atoms with E-state index in [0.717, 1.165) is 4.68 Å². The van der Waals surface area contributed by atoms with Gasteiger partial charge in [0, 0.05) is 24.6 Å². The van der Waals surface area contributed by atoms with Gasteiger partial charge >= 0.3 is 12.5 Å². The molecule has 6 rings (SSSR count). The van der Waals surface area contributed by atoms with E-state index in [1.807, 2.05) is 0 Å². The van der Waals surface area contributed by atoms with Crippen LogP contribution in [0.5, 0.6) is 0 Å². The molecule has 4 fully saturated rings. The second kappa shape index (κ2) is 7.66. The number of carbonyl (C=O) groups excluding carboxylic acids is 1. The second-order valence-electron chi connectivity index (χ2n) is 9.16. The van der Waals surface area contributed by atoms with E-state index in [4.69, 9.17) is 9.15 Å². The Labute approximate surface area is 187 Å². The van der Waals surface area contributed by atoms with Crippen LogP contribution in [0.2, 0.25) is 0 Å². The second-order valence-corrected chi connectivity index (χ2v) is 9.16. The van der Waals surface area contributed by atoms with Gasteiger partial charge in [-0.25, -0.2) is 0 Å². The summed E-state index contributed by atoms with van der Waals surface area (Å²) < 4.78 is 89.4. The fourth-order valence-corrected chi connectivity index (χ4v) is 4.90. The highest BCUT2D eigenvalue weighted by molar-refractivity contribution is 5.79. The Morgan fingerprint density at radius 3 is 2.50 bits per heavy atom. The summed E-state index contributed by atoms with van der Waals surface area (Å²) in [5, 5.41) is 14.6. The van der Waals surface area contributed by atoms with Crippen LogP contribution in [0.1, 0.15) is 38.0 Å². The van der Waals surface area contributed by atoms with E-state index in [0.29, 0.717) is 25.2 Å². The number of ether oxygens (including phenoxy) is 2. The summed E-state index contributed by atoms with van der Waals surface area (Å²) in [7, 11) is 0. The van der Waals surface area contributed by atoms with Crippen molar-refractivity contribution in [1.82, 2.24) is 25.3 Å². The molecule has 0 saturated heterocycles. The average molecular weight is 495 g/mol. The third kappa shape index (κ3) is 4.62. The first kappa shape index (κ1) is 23.1. The van der Waals surface area contributed by atoms with Gasteiger partial charge in [-0.3, -0.25) is 14.2 Å². The Morgan fingerprint density at radius 2 is 1.85 bits per heavy atom. The smallest absolute Gasteiger partial charge is 0.419 e. The van der Waals surface area contributed by atoms with Gasteiger partial charge in [-0.2, -0.15) is 18.3 Å². The number of hydrogen-bond acceptors (Lipinski definition) is 7. The fraction of sp³-hybridized carbons (Fsp3) is 0.684. The molecule has 0 aromatic carbocycles. The molecule has 4 saturated carbocycles. The monoisotopic (exact) mass is 495 g/mol. The molecular formula is C19H19F6N5O4. The van der Waals surface area contributed by atoms with Crippen molar-refractivity contribution in [3.05, 3.63) is 18.2 Å². The molecular weight excluding hydrogens is 476 g/mol. The minimum atomic E-state index is -4.68. The van der Waals surface area contributed by atoms with E-state index in [2.05, 4.69) is 25.3 Å². The normalized spacial score (nSPS) is 30.3. The predicted molar refractivity (Wildman–Crippen MR) is 97.9 cm³/mol. The highest BCUT2D eigenvalue weighted by atomic mass is 19.4. The number of hydrogen-bond donors (Lipinski definition) is 1. The minimum absolute atomic E-state index is 0.0143. The van der Waals surface area contributed by atoms with Gasteiger partial charge in [-0.15, -0.1) is 23.4 Å². The zero-order valence-electron chi connectivity index (χ0n) is 17.4. The van der Waals surface area contributed by atoms with Crippen molar-refractivity contribution in [2.45, 2.75) is 74.3 Å². The SMILES string of the molecule is O=C(CO[C@H]1C[C@@H](OC(F)(F)F)C1)NC12CC(c3nnc(-c4ccn(CC(F)(F)F)n4)o3)(C1)C2. The van der Waals surface area contributed by atoms with Crippen molar-refractivity contribution in [3.63, 3.8) is 0 Å². The van der Waals surface area contributed by atoms with E-state index < -0.39 is 42.2 Å². The summed E-state index contributed by atoms with van der Waals surface area (Å²) in [5.41, 5.74) is -0.691. The summed E-state index contributed by atoms with van der Waals surface area (Å²) in [5.74, 6) is -0.0132. The summed E-state index contributed by atoms with van der Waals surface area (Å²) in [6, 6.07) is 1.35. The Morgan fingerprint density at radius 1 is 1.15 bits per heavy atom. The van der Waals surface area contributed by atoms with Gasteiger partial charge in [0.05, 0.1) is 17.6 Å². The Balaban J connectivity index is 1.07. The van der Waals surface area contributed by atoms with Gasteiger partial charge < -0.3 is 14.5 Å². The van der Waals surface area contributed by atoms with Crippen LogP contribution in [0.15, 0.2) is 16.7 Å². The van der Waals surface area contributed by atoms with Crippen LogP contribution in [0.4, 0.5) is 26.3 Å². The molecule has 0 atom stereocenters.